The quantitative estimate of drug-likeness (QED) is 0.730. The highest BCUT2D eigenvalue weighted by Crippen LogP contribution is 2.20. The van der Waals surface area contributed by atoms with E-state index < -0.39 is 15.9 Å². The van der Waals surface area contributed by atoms with Crippen molar-refractivity contribution >= 4 is 27.5 Å². The summed E-state index contributed by atoms with van der Waals surface area (Å²) in [6, 6.07) is 5.83. The fourth-order valence-electron chi connectivity index (χ4n) is 1.93. The minimum absolute atomic E-state index is 0.00825. The number of carbonyl (C=O) groups is 1. The van der Waals surface area contributed by atoms with Gasteiger partial charge in [0, 0.05) is 25.5 Å². The molecule has 9 heteroatoms. The van der Waals surface area contributed by atoms with Crippen LogP contribution in [-0.2, 0) is 16.6 Å². The molecule has 0 aliphatic carbocycles. The van der Waals surface area contributed by atoms with E-state index in [1.165, 1.54) is 25.2 Å². The van der Waals surface area contributed by atoms with Gasteiger partial charge in [0.2, 0.25) is 10.0 Å². The van der Waals surface area contributed by atoms with E-state index in [4.69, 9.17) is 11.6 Å². The van der Waals surface area contributed by atoms with Crippen LogP contribution in [-0.4, -0.2) is 37.7 Å². The Bertz CT molecular complexity index is 775. The van der Waals surface area contributed by atoms with Crippen LogP contribution in [0.5, 0.6) is 0 Å². The third-order valence-corrected chi connectivity index (χ3v) is 4.91. The molecule has 1 aromatic carbocycles. The van der Waals surface area contributed by atoms with Crippen molar-refractivity contribution in [2.24, 2.45) is 0 Å². The number of rotatable bonds is 7. The molecule has 0 aliphatic rings. The highest BCUT2D eigenvalue weighted by atomic mass is 35.5. The highest BCUT2D eigenvalue weighted by Gasteiger charge is 2.17. The van der Waals surface area contributed by atoms with Crippen LogP contribution < -0.4 is 10.0 Å². The number of aromatic nitrogens is 2. The van der Waals surface area contributed by atoms with E-state index in [1.807, 2.05) is 12.3 Å². The zero-order valence-corrected chi connectivity index (χ0v) is 14.1. The minimum atomic E-state index is -3.63. The first-order chi connectivity index (χ1) is 10.9. The van der Waals surface area contributed by atoms with Crippen LogP contribution >= 0.6 is 11.6 Å². The summed E-state index contributed by atoms with van der Waals surface area (Å²) in [4.78, 5) is 12.2. The Balaban J connectivity index is 1.99. The Morgan fingerprint density at radius 1 is 1.39 bits per heavy atom. The molecule has 23 heavy (non-hydrogen) atoms. The Morgan fingerprint density at radius 2 is 2.17 bits per heavy atom. The molecule has 2 rings (SSSR count). The Morgan fingerprint density at radius 3 is 2.83 bits per heavy atom. The molecule has 0 saturated carbocycles. The van der Waals surface area contributed by atoms with Gasteiger partial charge in [0.05, 0.1) is 15.5 Å². The van der Waals surface area contributed by atoms with Crippen LogP contribution in [0.15, 0.2) is 41.6 Å². The van der Waals surface area contributed by atoms with Gasteiger partial charge in [-0.1, -0.05) is 11.6 Å². The topological polar surface area (TPSA) is 93.1 Å². The molecule has 2 aromatic rings. The Hall–Kier alpha value is -1.90. The first kappa shape index (κ1) is 17.5. The van der Waals surface area contributed by atoms with Crippen molar-refractivity contribution in [2.75, 3.05) is 13.6 Å². The van der Waals surface area contributed by atoms with E-state index >= 15 is 0 Å². The summed E-state index contributed by atoms with van der Waals surface area (Å²) in [5.41, 5.74) is 0.127. The van der Waals surface area contributed by atoms with Crippen molar-refractivity contribution in [1.82, 2.24) is 19.8 Å². The summed E-state index contributed by atoms with van der Waals surface area (Å²) in [6.45, 7) is 1.10. The Labute approximate surface area is 139 Å². The van der Waals surface area contributed by atoms with Crippen LogP contribution in [0.2, 0.25) is 5.02 Å². The second-order valence-electron chi connectivity index (χ2n) is 4.73. The van der Waals surface area contributed by atoms with Crippen LogP contribution in [0.4, 0.5) is 0 Å². The molecule has 0 aliphatic heterocycles. The molecule has 124 valence electrons. The maximum atomic E-state index is 12.2. The zero-order chi connectivity index (χ0) is 16.9. The largest absolute Gasteiger partial charge is 0.352 e. The normalized spacial score (nSPS) is 11.4. The lowest BCUT2D eigenvalue weighted by Crippen LogP contribution is -2.26. The number of carbonyl (C=O) groups excluding carboxylic acids is 1. The van der Waals surface area contributed by atoms with Crippen molar-refractivity contribution in [3.8, 4) is 0 Å². The third kappa shape index (κ3) is 4.54. The molecule has 1 aromatic heterocycles. The smallest absolute Gasteiger partial charge is 0.252 e. The number of aryl methyl sites for hydroxylation is 1. The van der Waals surface area contributed by atoms with E-state index in [0.29, 0.717) is 19.5 Å². The number of sulfonamides is 1. The van der Waals surface area contributed by atoms with Gasteiger partial charge in [0.1, 0.15) is 0 Å². The van der Waals surface area contributed by atoms with Gasteiger partial charge in [0.15, 0.2) is 0 Å². The second kappa shape index (κ2) is 7.58. The zero-order valence-electron chi connectivity index (χ0n) is 12.5. The average Bonchev–Trinajstić information content (AvgIpc) is 3.05. The van der Waals surface area contributed by atoms with Gasteiger partial charge >= 0.3 is 0 Å². The fourth-order valence-corrected chi connectivity index (χ4v) is 2.89. The number of hydrogen-bond donors (Lipinski definition) is 2. The summed E-state index contributed by atoms with van der Waals surface area (Å²) in [6.07, 6.45) is 4.22. The molecular formula is C14H17ClN4O3S. The molecule has 1 heterocycles. The molecule has 0 spiro atoms. The highest BCUT2D eigenvalue weighted by molar-refractivity contribution is 7.89. The van der Waals surface area contributed by atoms with Crippen LogP contribution in [0, 0.1) is 0 Å². The minimum Gasteiger partial charge on any atom is -0.352 e. The molecule has 0 unspecified atom stereocenters. The van der Waals surface area contributed by atoms with E-state index in [1.54, 1.807) is 10.9 Å². The summed E-state index contributed by atoms with van der Waals surface area (Å²) < 4.78 is 27.5. The van der Waals surface area contributed by atoms with E-state index in [-0.39, 0.29) is 15.5 Å². The number of nitrogens with zero attached hydrogens (tertiary/aromatic N) is 2. The van der Waals surface area contributed by atoms with Gasteiger partial charge in [-0.25, -0.2) is 13.1 Å². The first-order valence-corrected chi connectivity index (χ1v) is 8.79. The molecule has 0 bridgehead atoms. The summed E-state index contributed by atoms with van der Waals surface area (Å²) >= 11 is 5.99. The lowest BCUT2D eigenvalue weighted by Gasteiger charge is -2.09. The molecule has 0 saturated heterocycles. The van der Waals surface area contributed by atoms with Gasteiger partial charge in [-0.2, -0.15) is 5.10 Å². The standard InChI is InChI=1S/C14H17ClN4O3S/c1-16-23(21,22)11-4-5-13(15)12(10-11)14(20)17-6-2-8-19-9-3-7-18-19/h3-5,7,9-10,16H,2,6,8H2,1H3,(H,17,20). The fraction of sp³-hybridized carbons (Fsp3) is 0.286. The molecular weight excluding hydrogens is 340 g/mol. The number of nitrogens with one attached hydrogen (secondary N) is 2. The van der Waals surface area contributed by atoms with E-state index in [2.05, 4.69) is 15.1 Å². The summed E-state index contributed by atoms with van der Waals surface area (Å²) in [7, 11) is -2.32. The second-order valence-corrected chi connectivity index (χ2v) is 7.02. The van der Waals surface area contributed by atoms with Crippen LogP contribution in [0.3, 0.4) is 0 Å². The first-order valence-electron chi connectivity index (χ1n) is 6.93. The van der Waals surface area contributed by atoms with Crippen LogP contribution in [0.1, 0.15) is 16.8 Å². The molecule has 0 radical (unpaired) electrons. The number of benzene rings is 1. The summed E-state index contributed by atoms with van der Waals surface area (Å²) in [5, 5.41) is 6.98. The third-order valence-electron chi connectivity index (χ3n) is 3.17. The van der Waals surface area contributed by atoms with Crippen molar-refractivity contribution in [3.05, 3.63) is 47.2 Å². The SMILES string of the molecule is CNS(=O)(=O)c1ccc(Cl)c(C(=O)NCCCn2cccn2)c1. The lowest BCUT2D eigenvalue weighted by atomic mass is 10.2. The van der Waals surface area contributed by atoms with Crippen molar-refractivity contribution in [2.45, 2.75) is 17.9 Å². The van der Waals surface area contributed by atoms with E-state index in [0.717, 1.165) is 0 Å². The predicted molar refractivity (Wildman–Crippen MR) is 86.9 cm³/mol. The van der Waals surface area contributed by atoms with Gasteiger partial charge in [-0.05, 0) is 37.7 Å². The molecule has 0 atom stereocenters. The molecule has 0 fully saturated rings. The van der Waals surface area contributed by atoms with Gasteiger partial charge in [-0.15, -0.1) is 0 Å². The maximum Gasteiger partial charge on any atom is 0.252 e. The van der Waals surface area contributed by atoms with E-state index in [9.17, 15) is 13.2 Å². The van der Waals surface area contributed by atoms with Gasteiger partial charge in [-0.3, -0.25) is 9.48 Å². The molecule has 1 amide bonds. The average molecular weight is 357 g/mol. The maximum absolute atomic E-state index is 12.2. The van der Waals surface area contributed by atoms with Gasteiger partial charge in [0.25, 0.3) is 5.91 Å². The molecule has 2 N–H and O–H groups in total. The number of hydrogen-bond acceptors (Lipinski definition) is 4. The van der Waals surface area contributed by atoms with Crippen molar-refractivity contribution < 1.29 is 13.2 Å². The Kier molecular flexibility index (Phi) is 5.75. The van der Waals surface area contributed by atoms with Gasteiger partial charge < -0.3 is 5.32 Å². The van der Waals surface area contributed by atoms with Crippen molar-refractivity contribution in [1.29, 1.82) is 0 Å². The van der Waals surface area contributed by atoms with Crippen LogP contribution in [0.25, 0.3) is 0 Å². The lowest BCUT2D eigenvalue weighted by molar-refractivity contribution is 0.0952. The number of amides is 1. The number of halogens is 1. The molecule has 7 nitrogen and oxygen atoms in total. The monoisotopic (exact) mass is 356 g/mol. The summed E-state index contributed by atoms with van der Waals surface area (Å²) in [5.74, 6) is -0.413. The van der Waals surface area contributed by atoms with Crippen molar-refractivity contribution in [3.63, 3.8) is 0 Å². The predicted octanol–water partition coefficient (Wildman–Crippen LogP) is 1.26.